The molecule has 0 radical (unpaired) electrons. The zero-order valence-corrected chi connectivity index (χ0v) is 17.4. The van der Waals surface area contributed by atoms with E-state index in [0.29, 0.717) is 23.7 Å². The van der Waals surface area contributed by atoms with Crippen molar-refractivity contribution < 1.29 is 19.1 Å². The molecule has 29 heavy (non-hydrogen) atoms. The van der Waals surface area contributed by atoms with Gasteiger partial charge in [0.05, 0.1) is 12.2 Å². The van der Waals surface area contributed by atoms with E-state index in [1.807, 2.05) is 30.3 Å². The number of benzene rings is 2. The fourth-order valence-corrected chi connectivity index (χ4v) is 2.78. The lowest BCUT2D eigenvalue weighted by Gasteiger charge is -2.14. The predicted octanol–water partition coefficient (Wildman–Crippen LogP) is 4.22. The number of hydrogen-bond donors (Lipinski definition) is 2. The Balaban J connectivity index is 1.85. The number of para-hydroxylation sites is 2. The molecule has 2 rings (SSSR count). The molecule has 2 aromatic carbocycles. The fraction of sp³-hybridized carbons (Fsp3) is 0.391. The van der Waals surface area contributed by atoms with Crippen LogP contribution in [0.3, 0.4) is 0 Å². The van der Waals surface area contributed by atoms with Gasteiger partial charge in [0.25, 0.3) is 11.8 Å². The first-order chi connectivity index (χ1) is 14.0. The van der Waals surface area contributed by atoms with Crippen molar-refractivity contribution in [3.8, 4) is 11.5 Å². The van der Waals surface area contributed by atoms with Gasteiger partial charge in [-0.3, -0.25) is 20.4 Å². The Bertz CT molecular complexity index is 805. The topological polar surface area (TPSA) is 76.7 Å². The Kier molecular flexibility index (Phi) is 9.02. The first kappa shape index (κ1) is 22.3. The van der Waals surface area contributed by atoms with Gasteiger partial charge in [0, 0.05) is 0 Å². The highest BCUT2D eigenvalue weighted by atomic mass is 16.5. The van der Waals surface area contributed by atoms with Crippen molar-refractivity contribution in [2.45, 2.75) is 46.0 Å². The highest BCUT2D eigenvalue weighted by Gasteiger charge is 2.14. The van der Waals surface area contributed by atoms with Crippen LogP contribution in [0.15, 0.2) is 48.5 Å². The Morgan fingerprint density at radius 2 is 1.59 bits per heavy atom. The Morgan fingerprint density at radius 3 is 2.31 bits per heavy atom. The third-order valence-electron chi connectivity index (χ3n) is 4.35. The molecule has 0 spiro atoms. The molecule has 0 aliphatic heterocycles. The summed E-state index contributed by atoms with van der Waals surface area (Å²) in [6.45, 7) is 6.59. The van der Waals surface area contributed by atoms with Crippen LogP contribution in [-0.4, -0.2) is 25.0 Å². The number of carbonyl (C=O) groups excluding carboxylic acids is 2. The summed E-state index contributed by atoms with van der Waals surface area (Å²) < 4.78 is 11.3. The molecule has 0 saturated heterocycles. The second-order valence-corrected chi connectivity index (χ2v) is 7.04. The van der Waals surface area contributed by atoms with E-state index in [-0.39, 0.29) is 12.5 Å². The van der Waals surface area contributed by atoms with Crippen LogP contribution in [0.5, 0.6) is 11.5 Å². The van der Waals surface area contributed by atoms with Crippen molar-refractivity contribution in [2.24, 2.45) is 0 Å². The van der Waals surface area contributed by atoms with E-state index < -0.39 is 11.8 Å². The monoisotopic (exact) mass is 398 g/mol. The second-order valence-electron chi connectivity index (χ2n) is 7.04. The summed E-state index contributed by atoms with van der Waals surface area (Å²) in [4.78, 5) is 24.5. The molecule has 0 heterocycles. The minimum absolute atomic E-state index is 0.195. The quantitative estimate of drug-likeness (QED) is 0.464. The van der Waals surface area contributed by atoms with E-state index in [1.54, 1.807) is 18.2 Å². The summed E-state index contributed by atoms with van der Waals surface area (Å²) in [6, 6.07) is 14.6. The van der Waals surface area contributed by atoms with Gasteiger partial charge in [-0.25, -0.2) is 0 Å². The average Bonchev–Trinajstić information content (AvgIpc) is 2.74. The van der Waals surface area contributed by atoms with Gasteiger partial charge in [0.15, 0.2) is 6.61 Å². The molecule has 0 aromatic heterocycles. The number of nitrogens with one attached hydrogen (secondary N) is 2. The van der Waals surface area contributed by atoms with Gasteiger partial charge in [-0.2, -0.15) is 0 Å². The van der Waals surface area contributed by atoms with Crippen LogP contribution >= 0.6 is 0 Å². The van der Waals surface area contributed by atoms with Gasteiger partial charge in [0.2, 0.25) is 0 Å². The summed E-state index contributed by atoms with van der Waals surface area (Å²) in [6.07, 6.45) is 3.10. The smallest absolute Gasteiger partial charge is 0.276 e. The number of hydrazine groups is 1. The third-order valence-corrected chi connectivity index (χ3v) is 4.35. The Labute approximate surface area is 172 Å². The van der Waals surface area contributed by atoms with Crippen molar-refractivity contribution >= 4 is 11.8 Å². The van der Waals surface area contributed by atoms with Crippen LogP contribution in [0, 0.1) is 0 Å². The molecule has 156 valence electrons. The lowest BCUT2D eigenvalue weighted by atomic mass is 10.0. The number of unbranched alkanes of at least 4 members (excludes halogenated alkanes) is 2. The minimum atomic E-state index is -0.446. The van der Waals surface area contributed by atoms with Crippen molar-refractivity contribution in [1.82, 2.24) is 10.9 Å². The highest BCUT2D eigenvalue weighted by molar-refractivity contribution is 5.97. The average molecular weight is 399 g/mol. The molecule has 0 unspecified atom stereocenters. The zero-order valence-electron chi connectivity index (χ0n) is 17.4. The molecule has 0 aliphatic carbocycles. The molecule has 0 atom stereocenters. The highest BCUT2D eigenvalue weighted by Crippen LogP contribution is 2.25. The fourth-order valence-electron chi connectivity index (χ4n) is 2.78. The first-order valence-electron chi connectivity index (χ1n) is 10.1. The lowest BCUT2D eigenvalue weighted by molar-refractivity contribution is -0.123. The molecule has 0 bridgehead atoms. The van der Waals surface area contributed by atoms with Gasteiger partial charge in [-0.1, -0.05) is 63.9 Å². The van der Waals surface area contributed by atoms with E-state index in [2.05, 4.69) is 31.6 Å². The normalized spacial score (nSPS) is 10.5. The molecule has 0 saturated carbocycles. The van der Waals surface area contributed by atoms with Gasteiger partial charge >= 0.3 is 0 Å². The van der Waals surface area contributed by atoms with Gasteiger partial charge in [-0.05, 0) is 36.1 Å². The maximum absolute atomic E-state index is 12.4. The maximum Gasteiger partial charge on any atom is 0.276 e. The standard InChI is InChI=1S/C23H30N2O4/c1-4-5-10-15-28-21-14-9-7-12-19(21)23(27)25-24-22(26)16-29-20-13-8-6-11-18(20)17(2)3/h6-9,11-14,17H,4-5,10,15-16H2,1-3H3,(H,24,26)(H,25,27). The Morgan fingerprint density at radius 1 is 0.897 bits per heavy atom. The molecule has 2 N–H and O–H groups in total. The van der Waals surface area contributed by atoms with Crippen molar-refractivity contribution in [2.75, 3.05) is 13.2 Å². The van der Waals surface area contributed by atoms with Crippen LogP contribution in [-0.2, 0) is 4.79 Å². The minimum Gasteiger partial charge on any atom is -0.493 e. The van der Waals surface area contributed by atoms with Crippen LogP contribution < -0.4 is 20.3 Å². The van der Waals surface area contributed by atoms with Crippen molar-refractivity contribution in [1.29, 1.82) is 0 Å². The molecule has 2 amide bonds. The van der Waals surface area contributed by atoms with E-state index in [4.69, 9.17) is 9.47 Å². The molecule has 6 heteroatoms. The summed E-state index contributed by atoms with van der Waals surface area (Å²) in [5.74, 6) is 0.556. The molecular weight excluding hydrogens is 368 g/mol. The lowest BCUT2D eigenvalue weighted by Crippen LogP contribution is -2.44. The van der Waals surface area contributed by atoms with Crippen LogP contribution in [0.25, 0.3) is 0 Å². The van der Waals surface area contributed by atoms with E-state index in [9.17, 15) is 9.59 Å². The summed E-state index contributed by atoms with van der Waals surface area (Å²) in [5.41, 5.74) is 6.20. The zero-order chi connectivity index (χ0) is 21.1. The molecule has 6 nitrogen and oxygen atoms in total. The number of hydrogen-bond acceptors (Lipinski definition) is 4. The van der Waals surface area contributed by atoms with Crippen LogP contribution in [0.4, 0.5) is 0 Å². The van der Waals surface area contributed by atoms with E-state index in [1.165, 1.54) is 0 Å². The number of rotatable bonds is 10. The first-order valence-corrected chi connectivity index (χ1v) is 10.1. The largest absolute Gasteiger partial charge is 0.493 e. The van der Waals surface area contributed by atoms with E-state index in [0.717, 1.165) is 24.8 Å². The number of amides is 2. The summed E-state index contributed by atoms with van der Waals surface area (Å²) >= 11 is 0. The number of ether oxygens (including phenoxy) is 2. The number of carbonyl (C=O) groups is 2. The predicted molar refractivity (Wildman–Crippen MR) is 113 cm³/mol. The molecule has 0 aliphatic rings. The molecular formula is C23H30N2O4. The van der Waals surface area contributed by atoms with Crippen molar-refractivity contribution in [3.63, 3.8) is 0 Å². The summed E-state index contributed by atoms with van der Waals surface area (Å²) in [7, 11) is 0. The van der Waals surface area contributed by atoms with Crippen LogP contribution in [0.1, 0.15) is 61.9 Å². The molecule has 0 fully saturated rings. The van der Waals surface area contributed by atoms with Gasteiger partial charge < -0.3 is 9.47 Å². The van der Waals surface area contributed by atoms with Crippen molar-refractivity contribution in [3.05, 3.63) is 59.7 Å². The maximum atomic E-state index is 12.4. The Hall–Kier alpha value is -3.02. The third kappa shape index (κ3) is 7.14. The van der Waals surface area contributed by atoms with Crippen LogP contribution in [0.2, 0.25) is 0 Å². The van der Waals surface area contributed by atoms with E-state index >= 15 is 0 Å². The van der Waals surface area contributed by atoms with Gasteiger partial charge in [-0.15, -0.1) is 0 Å². The summed E-state index contributed by atoms with van der Waals surface area (Å²) in [5, 5.41) is 0. The second kappa shape index (κ2) is 11.7. The SMILES string of the molecule is CCCCCOc1ccccc1C(=O)NNC(=O)COc1ccccc1C(C)C. The molecule has 2 aromatic rings. The van der Waals surface area contributed by atoms with Gasteiger partial charge in [0.1, 0.15) is 11.5 Å².